The summed E-state index contributed by atoms with van der Waals surface area (Å²) in [7, 11) is 0. The molecule has 0 aliphatic carbocycles. The average molecular weight is 266 g/mol. The molecule has 1 aromatic heterocycles. The Balaban J connectivity index is 2.45. The van der Waals surface area contributed by atoms with Gasteiger partial charge < -0.3 is 4.57 Å². The number of nitrogens with zero attached hydrogens (tertiary/aromatic N) is 1. The van der Waals surface area contributed by atoms with Gasteiger partial charge in [0.2, 0.25) is 0 Å². The Bertz CT molecular complexity index is 477. The highest BCUT2D eigenvalue weighted by molar-refractivity contribution is 9.10. The van der Waals surface area contributed by atoms with Gasteiger partial charge in [-0.3, -0.25) is 0 Å². The molecule has 0 spiro atoms. The Kier molecular flexibility index (Phi) is 2.63. The van der Waals surface area contributed by atoms with Gasteiger partial charge in [0.15, 0.2) is 0 Å². The predicted octanol–water partition coefficient (Wildman–Crippen LogP) is 4.45. The van der Waals surface area contributed by atoms with Crippen LogP contribution in [-0.2, 0) is 6.54 Å². The number of benzene rings is 1. The summed E-state index contributed by atoms with van der Waals surface area (Å²) in [5.74, 6) is 0. The molecule has 1 heterocycles. The number of fused-ring (bicyclic) bond motifs is 1. The minimum Gasteiger partial charge on any atom is -0.347 e. The molecule has 0 atom stereocenters. The minimum absolute atomic E-state index is 0.318. The van der Waals surface area contributed by atoms with E-state index < -0.39 is 0 Å². The van der Waals surface area contributed by atoms with Gasteiger partial charge in [0.25, 0.3) is 0 Å². The van der Waals surface area contributed by atoms with Crippen molar-refractivity contribution >= 4 is 26.8 Å². The molecule has 0 saturated heterocycles. The molecular formula is C13H16BrN. The summed E-state index contributed by atoms with van der Waals surface area (Å²) in [6, 6.07) is 8.60. The molecule has 0 amide bonds. The van der Waals surface area contributed by atoms with Gasteiger partial charge >= 0.3 is 0 Å². The molecule has 1 aromatic carbocycles. The van der Waals surface area contributed by atoms with Gasteiger partial charge in [-0.1, -0.05) is 36.7 Å². The van der Waals surface area contributed by atoms with Gasteiger partial charge in [0.1, 0.15) is 0 Å². The zero-order chi connectivity index (χ0) is 11.1. The van der Waals surface area contributed by atoms with Crippen LogP contribution in [0.3, 0.4) is 0 Å². The molecule has 15 heavy (non-hydrogen) atoms. The van der Waals surface area contributed by atoms with Crippen molar-refractivity contribution in [1.29, 1.82) is 0 Å². The second-order valence-corrected chi connectivity index (χ2v) is 6.12. The summed E-state index contributed by atoms with van der Waals surface area (Å²) < 4.78 is 3.46. The molecule has 0 unspecified atom stereocenters. The Morgan fingerprint density at radius 2 is 1.93 bits per heavy atom. The van der Waals surface area contributed by atoms with Crippen LogP contribution in [0.15, 0.2) is 34.9 Å². The number of hydrogen-bond acceptors (Lipinski definition) is 0. The number of hydrogen-bond donors (Lipinski definition) is 0. The lowest BCUT2D eigenvalue weighted by molar-refractivity contribution is 0.349. The topological polar surface area (TPSA) is 4.93 Å². The first kappa shape index (κ1) is 10.7. The third-order valence-electron chi connectivity index (χ3n) is 2.38. The second kappa shape index (κ2) is 3.67. The van der Waals surface area contributed by atoms with Crippen LogP contribution in [-0.4, -0.2) is 4.57 Å². The summed E-state index contributed by atoms with van der Waals surface area (Å²) in [6.07, 6.45) is 2.17. The first-order valence-electron chi connectivity index (χ1n) is 5.20. The van der Waals surface area contributed by atoms with E-state index in [1.165, 1.54) is 10.9 Å². The summed E-state index contributed by atoms with van der Waals surface area (Å²) in [5.41, 5.74) is 1.63. The molecule has 0 N–H and O–H groups in total. The first-order chi connectivity index (χ1) is 6.96. The van der Waals surface area contributed by atoms with E-state index >= 15 is 0 Å². The van der Waals surface area contributed by atoms with Gasteiger partial charge in [-0.05, 0) is 29.7 Å². The van der Waals surface area contributed by atoms with E-state index in [0.717, 1.165) is 11.0 Å². The van der Waals surface area contributed by atoms with Crippen LogP contribution in [0.1, 0.15) is 20.8 Å². The van der Waals surface area contributed by atoms with E-state index in [1.54, 1.807) is 0 Å². The van der Waals surface area contributed by atoms with Crippen LogP contribution in [0.25, 0.3) is 10.9 Å². The largest absolute Gasteiger partial charge is 0.347 e. The standard InChI is InChI=1S/C13H16BrN/c1-13(2,3)9-15-7-6-10-8-11(14)4-5-12(10)15/h4-8H,9H2,1-3H3. The van der Waals surface area contributed by atoms with E-state index in [-0.39, 0.29) is 0 Å². The van der Waals surface area contributed by atoms with Crippen molar-refractivity contribution < 1.29 is 0 Å². The van der Waals surface area contributed by atoms with Crippen LogP contribution in [0.4, 0.5) is 0 Å². The normalized spacial score (nSPS) is 12.3. The maximum absolute atomic E-state index is 3.49. The highest BCUT2D eigenvalue weighted by Crippen LogP contribution is 2.24. The molecule has 0 aliphatic heterocycles. The Morgan fingerprint density at radius 3 is 2.60 bits per heavy atom. The first-order valence-corrected chi connectivity index (χ1v) is 5.99. The monoisotopic (exact) mass is 265 g/mol. The molecule has 2 rings (SSSR count). The Morgan fingerprint density at radius 1 is 1.20 bits per heavy atom. The third kappa shape index (κ3) is 2.43. The fourth-order valence-electron chi connectivity index (χ4n) is 1.82. The van der Waals surface area contributed by atoms with E-state index in [1.807, 2.05) is 0 Å². The number of rotatable bonds is 1. The minimum atomic E-state index is 0.318. The molecule has 2 aromatic rings. The van der Waals surface area contributed by atoms with Crippen molar-refractivity contribution in [3.8, 4) is 0 Å². The molecule has 80 valence electrons. The molecular weight excluding hydrogens is 250 g/mol. The van der Waals surface area contributed by atoms with E-state index in [4.69, 9.17) is 0 Å². The van der Waals surface area contributed by atoms with E-state index in [0.29, 0.717) is 5.41 Å². The maximum Gasteiger partial charge on any atom is 0.0481 e. The third-order valence-corrected chi connectivity index (χ3v) is 2.87. The van der Waals surface area contributed by atoms with E-state index in [2.05, 4.69) is 71.7 Å². The van der Waals surface area contributed by atoms with Crippen molar-refractivity contribution in [2.45, 2.75) is 27.3 Å². The Labute approximate surface area is 99.2 Å². The van der Waals surface area contributed by atoms with Crippen LogP contribution >= 0.6 is 15.9 Å². The predicted molar refractivity (Wildman–Crippen MR) is 69.1 cm³/mol. The van der Waals surface area contributed by atoms with Gasteiger partial charge in [0.05, 0.1) is 0 Å². The molecule has 0 saturated carbocycles. The molecule has 2 heteroatoms. The molecule has 1 nitrogen and oxygen atoms in total. The summed E-state index contributed by atoms with van der Waals surface area (Å²) in [5, 5.41) is 1.30. The zero-order valence-electron chi connectivity index (χ0n) is 9.42. The summed E-state index contributed by atoms with van der Waals surface area (Å²) in [6.45, 7) is 7.84. The van der Waals surface area contributed by atoms with Gasteiger partial charge in [0, 0.05) is 28.1 Å². The number of aromatic nitrogens is 1. The van der Waals surface area contributed by atoms with Gasteiger partial charge in [-0.25, -0.2) is 0 Å². The number of halogens is 1. The molecule has 0 aliphatic rings. The second-order valence-electron chi connectivity index (χ2n) is 5.21. The molecule has 0 radical (unpaired) electrons. The van der Waals surface area contributed by atoms with Crippen molar-refractivity contribution in [1.82, 2.24) is 4.57 Å². The average Bonchev–Trinajstić information content (AvgIpc) is 2.45. The Hall–Kier alpha value is -0.760. The fourth-order valence-corrected chi connectivity index (χ4v) is 2.20. The van der Waals surface area contributed by atoms with Crippen LogP contribution < -0.4 is 0 Å². The van der Waals surface area contributed by atoms with Crippen LogP contribution in [0.5, 0.6) is 0 Å². The van der Waals surface area contributed by atoms with E-state index in [9.17, 15) is 0 Å². The lowest BCUT2D eigenvalue weighted by Gasteiger charge is -2.19. The SMILES string of the molecule is CC(C)(C)Cn1ccc2cc(Br)ccc21. The molecule has 0 bridgehead atoms. The van der Waals surface area contributed by atoms with Crippen LogP contribution in [0, 0.1) is 5.41 Å². The summed E-state index contributed by atoms with van der Waals surface area (Å²) >= 11 is 3.49. The van der Waals surface area contributed by atoms with Gasteiger partial charge in [-0.15, -0.1) is 0 Å². The lowest BCUT2D eigenvalue weighted by atomic mass is 9.97. The zero-order valence-corrected chi connectivity index (χ0v) is 11.0. The summed E-state index contributed by atoms with van der Waals surface area (Å²) in [4.78, 5) is 0. The fraction of sp³-hybridized carbons (Fsp3) is 0.385. The highest BCUT2D eigenvalue weighted by Gasteiger charge is 2.12. The smallest absolute Gasteiger partial charge is 0.0481 e. The van der Waals surface area contributed by atoms with Crippen molar-refractivity contribution in [2.24, 2.45) is 5.41 Å². The van der Waals surface area contributed by atoms with Crippen molar-refractivity contribution in [2.75, 3.05) is 0 Å². The van der Waals surface area contributed by atoms with Crippen molar-refractivity contribution in [3.05, 3.63) is 34.9 Å². The van der Waals surface area contributed by atoms with Gasteiger partial charge in [-0.2, -0.15) is 0 Å². The van der Waals surface area contributed by atoms with Crippen LogP contribution in [0.2, 0.25) is 0 Å². The van der Waals surface area contributed by atoms with Crippen molar-refractivity contribution in [3.63, 3.8) is 0 Å². The quantitative estimate of drug-likeness (QED) is 0.718. The highest BCUT2D eigenvalue weighted by atomic mass is 79.9. The maximum atomic E-state index is 3.49. The lowest BCUT2D eigenvalue weighted by Crippen LogP contribution is -2.14. The molecule has 0 fully saturated rings.